The smallest absolute Gasteiger partial charge is 0.451 e. The fourth-order valence-corrected chi connectivity index (χ4v) is 1.70. The summed E-state index contributed by atoms with van der Waals surface area (Å²) in [6.45, 7) is -2.04. The molecule has 1 aromatic carbocycles. The third kappa shape index (κ3) is 5.49. The second kappa shape index (κ2) is 7.32. The molecule has 0 spiro atoms. The largest absolute Gasteiger partial charge is 0.467 e. The Morgan fingerprint density at radius 2 is 1.78 bits per heavy atom. The quantitative estimate of drug-likeness (QED) is 0.788. The summed E-state index contributed by atoms with van der Waals surface area (Å²) in [7, 11) is 0. The molecule has 13 heteroatoms. The highest BCUT2D eigenvalue weighted by molar-refractivity contribution is 6.05. The predicted octanol–water partition coefficient (Wildman–Crippen LogP) is 3.97. The zero-order valence-corrected chi connectivity index (χ0v) is 12.8. The molecule has 2 aromatic rings. The van der Waals surface area contributed by atoms with Gasteiger partial charge in [0.15, 0.2) is 6.61 Å². The molecule has 1 N–H and O–H groups in total. The molecule has 0 saturated carbocycles. The van der Waals surface area contributed by atoms with E-state index in [0.717, 1.165) is 12.1 Å². The Bertz CT molecular complexity index is 851. The van der Waals surface area contributed by atoms with Crippen LogP contribution in [0.3, 0.4) is 0 Å². The van der Waals surface area contributed by atoms with E-state index in [4.69, 9.17) is 0 Å². The monoisotopic (exact) mass is 401 g/mol. The number of nitrogens with zero attached hydrogens (tertiary/aromatic N) is 2. The van der Waals surface area contributed by atoms with E-state index in [2.05, 4.69) is 14.7 Å². The topological polar surface area (TPSA) is 64.1 Å². The van der Waals surface area contributed by atoms with Crippen LogP contribution in [-0.4, -0.2) is 28.7 Å². The van der Waals surface area contributed by atoms with Crippen LogP contribution in [0.2, 0.25) is 0 Å². The van der Waals surface area contributed by atoms with Gasteiger partial charge in [0.25, 0.3) is 5.91 Å². The molecule has 1 aromatic heterocycles. The fourth-order valence-electron chi connectivity index (χ4n) is 1.70. The number of alkyl halides is 6. The van der Waals surface area contributed by atoms with E-state index in [1.54, 1.807) is 0 Å². The van der Waals surface area contributed by atoms with Gasteiger partial charge in [-0.05, 0) is 12.1 Å². The Balaban J connectivity index is 2.36. The van der Waals surface area contributed by atoms with E-state index in [0.29, 0.717) is 6.07 Å². The minimum absolute atomic E-state index is 0.276. The highest BCUT2D eigenvalue weighted by Crippen LogP contribution is 2.29. The van der Waals surface area contributed by atoms with Gasteiger partial charge in [-0.3, -0.25) is 4.79 Å². The molecular formula is C14H7F8N3O2. The summed E-state index contributed by atoms with van der Waals surface area (Å²) < 4.78 is 105. The van der Waals surface area contributed by atoms with Gasteiger partial charge < -0.3 is 10.1 Å². The average Bonchev–Trinajstić information content (AvgIpc) is 2.53. The second-order valence-electron chi connectivity index (χ2n) is 4.89. The molecule has 0 bridgehead atoms. The third-order valence-electron chi connectivity index (χ3n) is 2.80. The molecule has 146 valence electrons. The van der Waals surface area contributed by atoms with Crippen LogP contribution in [0, 0.1) is 11.6 Å². The van der Waals surface area contributed by atoms with Crippen LogP contribution in [-0.2, 0) is 6.18 Å². The van der Waals surface area contributed by atoms with Crippen molar-refractivity contribution in [3.05, 3.63) is 47.4 Å². The van der Waals surface area contributed by atoms with Crippen molar-refractivity contribution in [1.82, 2.24) is 9.97 Å². The number of amides is 1. The van der Waals surface area contributed by atoms with Gasteiger partial charge in [0.1, 0.15) is 17.2 Å². The third-order valence-corrected chi connectivity index (χ3v) is 2.80. The van der Waals surface area contributed by atoms with Gasteiger partial charge in [0, 0.05) is 12.3 Å². The van der Waals surface area contributed by atoms with E-state index in [1.807, 2.05) is 5.32 Å². The number of carbonyl (C=O) groups is 1. The Hall–Kier alpha value is -2.99. The standard InChI is InChI=1S/C14H7F8N3O2/c15-6-1-2-9(8(16)3-6)24-10(26)7-4-23-12(14(20,21)22)25-11(7)27-5-13(17,18)19/h1-4H,5H2,(H,24,26). The normalized spacial score (nSPS) is 12.0. The number of nitrogens with one attached hydrogen (secondary N) is 1. The van der Waals surface area contributed by atoms with Gasteiger partial charge in [0.05, 0.1) is 5.69 Å². The number of ether oxygens (including phenoxy) is 1. The van der Waals surface area contributed by atoms with Crippen molar-refractivity contribution in [3.8, 4) is 5.88 Å². The first-order valence-electron chi connectivity index (χ1n) is 6.77. The molecular weight excluding hydrogens is 394 g/mol. The SMILES string of the molecule is O=C(Nc1ccc(F)cc1F)c1cnc(C(F)(F)F)nc1OCC(F)(F)F. The molecule has 0 unspecified atom stereocenters. The minimum Gasteiger partial charge on any atom is -0.467 e. The number of carbonyl (C=O) groups excluding carboxylic acids is 1. The molecule has 0 aliphatic carbocycles. The first-order chi connectivity index (χ1) is 12.4. The van der Waals surface area contributed by atoms with E-state index in [1.165, 1.54) is 0 Å². The molecule has 5 nitrogen and oxygen atoms in total. The Kier molecular flexibility index (Phi) is 5.51. The first kappa shape index (κ1) is 20.3. The maximum atomic E-state index is 13.5. The molecule has 2 rings (SSSR count). The Morgan fingerprint density at radius 1 is 1.11 bits per heavy atom. The summed E-state index contributed by atoms with van der Waals surface area (Å²) in [5.41, 5.74) is -1.50. The van der Waals surface area contributed by atoms with E-state index in [9.17, 15) is 39.9 Å². The van der Waals surface area contributed by atoms with Gasteiger partial charge in [-0.25, -0.2) is 13.8 Å². The van der Waals surface area contributed by atoms with Crippen molar-refractivity contribution in [1.29, 1.82) is 0 Å². The van der Waals surface area contributed by atoms with Crippen LogP contribution in [0.25, 0.3) is 0 Å². The summed E-state index contributed by atoms with van der Waals surface area (Å²) >= 11 is 0. The molecule has 0 saturated heterocycles. The van der Waals surface area contributed by atoms with Crippen molar-refractivity contribution >= 4 is 11.6 Å². The maximum Gasteiger partial charge on any atom is 0.451 e. The molecule has 0 aliphatic heterocycles. The molecule has 0 aliphatic rings. The van der Waals surface area contributed by atoms with Gasteiger partial charge >= 0.3 is 12.4 Å². The van der Waals surface area contributed by atoms with Gasteiger partial charge in [0.2, 0.25) is 11.7 Å². The Morgan fingerprint density at radius 3 is 2.33 bits per heavy atom. The number of aromatic nitrogens is 2. The summed E-state index contributed by atoms with van der Waals surface area (Å²) in [4.78, 5) is 17.7. The van der Waals surface area contributed by atoms with Gasteiger partial charge in [-0.1, -0.05) is 0 Å². The number of hydrogen-bond acceptors (Lipinski definition) is 4. The number of hydrogen-bond donors (Lipinski definition) is 1. The lowest BCUT2D eigenvalue weighted by Crippen LogP contribution is -2.23. The van der Waals surface area contributed by atoms with Crippen molar-refractivity contribution in [2.24, 2.45) is 0 Å². The van der Waals surface area contributed by atoms with Crippen molar-refractivity contribution in [2.75, 3.05) is 11.9 Å². The van der Waals surface area contributed by atoms with Crippen LogP contribution in [0.5, 0.6) is 5.88 Å². The number of rotatable bonds is 4. The number of halogens is 8. The first-order valence-corrected chi connectivity index (χ1v) is 6.77. The predicted molar refractivity (Wildman–Crippen MR) is 72.9 cm³/mol. The molecule has 0 atom stereocenters. The molecule has 27 heavy (non-hydrogen) atoms. The summed E-state index contributed by atoms with van der Waals surface area (Å²) in [5, 5.41) is 1.85. The van der Waals surface area contributed by atoms with Crippen molar-refractivity contribution in [2.45, 2.75) is 12.4 Å². The van der Waals surface area contributed by atoms with Crippen LogP contribution in [0.15, 0.2) is 24.4 Å². The fraction of sp³-hybridized carbons (Fsp3) is 0.214. The molecule has 1 heterocycles. The lowest BCUT2D eigenvalue weighted by atomic mass is 10.2. The summed E-state index contributed by atoms with van der Waals surface area (Å²) in [6.07, 6.45) is -9.77. The van der Waals surface area contributed by atoms with Crippen molar-refractivity contribution in [3.63, 3.8) is 0 Å². The number of benzene rings is 1. The molecule has 1 amide bonds. The highest BCUT2D eigenvalue weighted by atomic mass is 19.4. The van der Waals surface area contributed by atoms with Crippen LogP contribution >= 0.6 is 0 Å². The average molecular weight is 401 g/mol. The summed E-state index contributed by atoms with van der Waals surface area (Å²) in [6, 6.07) is 1.96. The maximum absolute atomic E-state index is 13.5. The number of anilines is 1. The zero-order valence-electron chi connectivity index (χ0n) is 12.8. The lowest BCUT2D eigenvalue weighted by molar-refractivity contribution is -0.155. The van der Waals surface area contributed by atoms with E-state index in [-0.39, 0.29) is 6.20 Å². The van der Waals surface area contributed by atoms with Gasteiger partial charge in [-0.15, -0.1) is 0 Å². The minimum atomic E-state index is -5.12. The van der Waals surface area contributed by atoms with E-state index < -0.39 is 59.5 Å². The highest BCUT2D eigenvalue weighted by Gasteiger charge is 2.37. The van der Waals surface area contributed by atoms with Crippen molar-refractivity contribution < 1.29 is 44.7 Å². The lowest BCUT2D eigenvalue weighted by Gasteiger charge is -2.14. The van der Waals surface area contributed by atoms with Gasteiger partial charge in [-0.2, -0.15) is 31.3 Å². The summed E-state index contributed by atoms with van der Waals surface area (Å²) in [5.74, 6) is -6.73. The van der Waals surface area contributed by atoms with Crippen LogP contribution < -0.4 is 10.1 Å². The molecule has 0 radical (unpaired) electrons. The van der Waals surface area contributed by atoms with Crippen LogP contribution in [0.1, 0.15) is 16.2 Å². The van der Waals surface area contributed by atoms with E-state index >= 15 is 0 Å². The zero-order chi connectivity index (χ0) is 20.4. The van der Waals surface area contributed by atoms with Crippen LogP contribution in [0.4, 0.5) is 40.8 Å². The molecule has 0 fully saturated rings. The second-order valence-corrected chi connectivity index (χ2v) is 4.89. The Labute approximate surface area is 145 Å².